The number of hydrogen-bond donors (Lipinski definition) is 2. The maximum Gasteiger partial charge on any atom is 0.277 e. The molecule has 6 nitrogen and oxygen atoms in total. The quantitative estimate of drug-likeness (QED) is 0.521. The number of amides is 1. The molecule has 0 saturated heterocycles. The zero-order chi connectivity index (χ0) is 18.2. The summed E-state index contributed by atoms with van der Waals surface area (Å²) in [5, 5.41) is 14.2. The fourth-order valence-electron chi connectivity index (χ4n) is 1.85. The van der Waals surface area contributed by atoms with Crippen LogP contribution in [0.2, 0.25) is 5.02 Å². The molecule has 0 aliphatic carbocycles. The van der Waals surface area contributed by atoms with E-state index < -0.39 is 5.91 Å². The maximum absolute atomic E-state index is 11.7. The third-order valence-electron chi connectivity index (χ3n) is 2.92. The van der Waals surface area contributed by atoms with Gasteiger partial charge >= 0.3 is 0 Å². The summed E-state index contributed by atoms with van der Waals surface area (Å²) >= 11 is 9.07. The summed E-state index contributed by atoms with van der Waals surface area (Å²) in [7, 11) is 0. The van der Waals surface area contributed by atoms with Gasteiger partial charge in [0.25, 0.3) is 5.91 Å². The molecule has 0 atom stereocenters. The fourth-order valence-corrected chi connectivity index (χ4v) is 2.49. The minimum Gasteiger partial charge on any atom is -0.503 e. The van der Waals surface area contributed by atoms with Crippen LogP contribution in [0.1, 0.15) is 12.5 Å². The van der Waals surface area contributed by atoms with E-state index in [2.05, 4.69) is 26.5 Å². The first-order chi connectivity index (χ1) is 12.0. The Labute approximate surface area is 158 Å². The molecule has 0 heterocycles. The van der Waals surface area contributed by atoms with Crippen LogP contribution in [0.3, 0.4) is 0 Å². The molecule has 0 fully saturated rings. The van der Waals surface area contributed by atoms with E-state index in [-0.39, 0.29) is 12.4 Å². The van der Waals surface area contributed by atoms with Crippen LogP contribution in [0.25, 0.3) is 0 Å². The zero-order valence-electron chi connectivity index (χ0n) is 13.3. The van der Waals surface area contributed by atoms with E-state index in [0.717, 1.165) is 0 Å². The number of carbonyl (C=O) groups is 1. The van der Waals surface area contributed by atoms with Crippen molar-refractivity contribution in [3.8, 4) is 17.2 Å². The van der Waals surface area contributed by atoms with E-state index in [9.17, 15) is 9.90 Å². The molecule has 132 valence electrons. The van der Waals surface area contributed by atoms with E-state index in [0.29, 0.717) is 33.2 Å². The van der Waals surface area contributed by atoms with Gasteiger partial charge < -0.3 is 14.6 Å². The minimum absolute atomic E-state index is 0.0120. The molecule has 2 rings (SSSR count). The van der Waals surface area contributed by atoms with E-state index in [1.807, 2.05) is 6.92 Å². The average molecular weight is 428 g/mol. The standard InChI is InChI=1S/C17H16BrClN2O4/c1-2-24-15-7-11(6-14(18)17(15)23)9-20-21-16(22)10-25-13-5-3-4-12(19)8-13/h3-9,23H,2,10H2,1H3,(H,21,22). The number of hydrazone groups is 1. The normalized spacial score (nSPS) is 10.7. The topological polar surface area (TPSA) is 80.2 Å². The maximum atomic E-state index is 11.7. The summed E-state index contributed by atoms with van der Waals surface area (Å²) in [6, 6.07) is 10.0. The molecule has 0 spiro atoms. The molecule has 0 bridgehead atoms. The highest BCUT2D eigenvalue weighted by Crippen LogP contribution is 2.35. The number of hydrogen-bond acceptors (Lipinski definition) is 5. The van der Waals surface area contributed by atoms with Gasteiger partial charge in [-0.1, -0.05) is 17.7 Å². The van der Waals surface area contributed by atoms with Gasteiger partial charge in [-0.15, -0.1) is 0 Å². The number of ether oxygens (including phenoxy) is 2. The molecule has 0 radical (unpaired) electrons. The third kappa shape index (κ3) is 5.95. The fraction of sp³-hybridized carbons (Fsp3) is 0.176. The Hall–Kier alpha value is -2.25. The van der Waals surface area contributed by atoms with E-state index in [4.69, 9.17) is 21.1 Å². The zero-order valence-corrected chi connectivity index (χ0v) is 15.7. The molecule has 0 saturated carbocycles. The number of carbonyl (C=O) groups excluding carboxylic acids is 1. The van der Waals surface area contributed by atoms with Crippen molar-refractivity contribution in [2.24, 2.45) is 5.10 Å². The summed E-state index contributed by atoms with van der Waals surface area (Å²) in [5.74, 6) is 0.418. The summed E-state index contributed by atoms with van der Waals surface area (Å²) in [6.07, 6.45) is 1.43. The van der Waals surface area contributed by atoms with Crippen LogP contribution in [0.4, 0.5) is 0 Å². The Morgan fingerprint density at radius 2 is 2.16 bits per heavy atom. The molecule has 0 unspecified atom stereocenters. The second-order valence-electron chi connectivity index (χ2n) is 4.82. The Balaban J connectivity index is 1.90. The van der Waals surface area contributed by atoms with Gasteiger partial charge in [0, 0.05) is 5.02 Å². The van der Waals surface area contributed by atoms with E-state index in [1.54, 1.807) is 36.4 Å². The molecule has 1 amide bonds. The molecule has 8 heteroatoms. The highest BCUT2D eigenvalue weighted by Gasteiger charge is 2.08. The van der Waals surface area contributed by atoms with Crippen molar-refractivity contribution in [1.29, 1.82) is 0 Å². The second kappa shape index (κ2) is 9.29. The molecule has 0 aliphatic rings. The Kier molecular flexibility index (Phi) is 7.09. The molecule has 2 N–H and O–H groups in total. The molecule has 25 heavy (non-hydrogen) atoms. The minimum atomic E-state index is -0.417. The second-order valence-corrected chi connectivity index (χ2v) is 6.11. The summed E-state index contributed by atoms with van der Waals surface area (Å²) in [4.78, 5) is 11.7. The highest BCUT2D eigenvalue weighted by molar-refractivity contribution is 9.10. The lowest BCUT2D eigenvalue weighted by molar-refractivity contribution is -0.123. The van der Waals surface area contributed by atoms with Crippen molar-refractivity contribution in [2.75, 3.05) is 13.2 Å². The molecule has 2 aromatic rings. The number of nitrogens with one attached hydrogen (secondary N) is 1. The van der Waals surface area contributed by atoms with Gasteiger partial charge in [-0.3, -0.25) is 4.79 Å². The molecule has 0 aliphatic heterocycles. The number of rotatable bonds is 7. The van der Waals surface area contributed by atoms with Crippen LogP contribution in [0.5, 0.6) is 17.2 Å². The van der Waals surface area contributed by atoms with Crippen molar-refractivity contribution in [3.63, 3.8) is 0 Å². The SMILES string of the molecule is CCOc1cc(C=NNC(=O)COc2cccc(Cl)c2)cc(Br)c1O. The summed E-state index contributed by atoms with van der Waals surface area (Å²) in [6.45, 7) is 2.04. The van der Waals surface area contributed by atoms with Crippen LogP contribution in [0.15, 0.2) is 46.0 Å². The highest BCUT2D eigenvalue weighted by atomic mass is 79.9. The van der Waals surface area contributed by atoms with Crippen molar-refractivity contribution < 1.29 is 19.4 Å². The lowest BCUT2D eigenvalue weighted by Gasteiger charge is -2.08. The number of nitrogens with zero attached hydrogens (tertiary/aromatic N) is 1. The van der Waals surface area contributed by atoms with Gasteiger partial charge in [0.1, 0.15) is 5.75 Å². The van der Waals surface area contributed by atoms with Crippen molar-refractivity contribution in [3.05, 3.63) is 51.5 Å². The van der Waals surface area contributed by atoms with Crippen molar-refractivity contribution >= 4 is 39.7 Å². The first-order valence-corrected chi connectivity index (χ1v) is 8.52. The number of benzene rings is 2. The molecular weight excluding hydrogens is 412 g/mol. The van der Waals surface area contributed by atoms with Crippen LogP contribution in [0, 0.1) is 0 Å². The van der Waals surface area contributed by atoms with Gasteiger partial charge in [0.15, 0.2) is 18.1 Å². The van der Waals surface area contributed by atoms with Crippen LogP contribution in [-0.2, 0) is 4.79 Å². The smallest absolute Gasteiger partial charge is 0.277 e. The van der Waals surface area contributed by atoms with Gasteiger partial charge in [0.2, 0.25) is 0 Å². The average Bonchev–Trinajstić information content (AvgIpc) is 2.58. The number of phenols is 1. The van der Waals surface area contributed by atoms with Crippen LogP contribution in [-0.4, -0.2) is 30.4 Å². The first-order valence-electron chi connectivity index (χ1n) is 7.35. The van der Waals surface area contributed by atoms with Crippen LogP contribution < -0.4 is 14.9 Å². The van der Waals surface area contributed by atoms with Crippen molar-refractivity contribution in [2.45, 2.75) is 6.92 Å². The molecule has 2 aromatic carbocycles. The Morgan fingerprint density at radius 3 is 2.88 bits per heavy atom. The predicted octanol–water partition coefficient (Wildman–Crippen LogP) is 3.74. The van der Waals surface area contributed by atoms with Gasteiger partial charge in [0.05, 0.1) is 17.3 Å². The van der Waals surface area contributed by atoms with E-state index >= 15 is 0 Å². The largest absolute Gasteiger partial charge is 0.503 e. The van der Waals surface area contributed by atoms with Gasteiger partial charge in [-0.05, 0) is 58.7 Å². The van der Waals surface area contributed by atoms with Crippen LogP contribution >= 0.6 is 27.5 Å². The first kappa shape index (κ1) is 19.1. The monoisotopic (exact) mass is 426 g/mol. The van der Waals surface area contributed by atoms with Crippen molar-refractivity contribution in [1.82, 2.24) is 5.43 Å². The number of phenolic OH excluding ortho intramolecular Hbond substituents is 1. The summed E-state index contributed by atoms with van der Waals surface area (Å²) < 4.78 is 11.1. The lowest BCUT2D eigenvalue weighted by Crippen LogP contribution is -2.24. The predicted molar refractivity (Wildman–Crippen MR) is 99.7 cm³/mol. The van der Waals surface area contributed by atoms with Gasteiger partial charge in [-0.25, -0.2) is 5.43 Å². The molecule has 0 aromatic heterocycles. The Bertz CT molecular complexity index is 783. The Morgan fingerprint density at radius 1 is 1.36 bits per heavy atom. The number of aromatic hydroxyl groups is 1. The number of halogens is 2. The van der Waals surface area contributed by atoms with Gasteiger partial charge in [-0.2, -0.15) is 5.10 Å². The van der Waals surface area contributed by atoms with E-state index in [1.165, 1.54) is 6.21 Å². The third-order valence-corrected chi connectivity index (χ3v) is 3.76. The summed E-state index contributed by atoms with van der Waals surface area (Å²) in [5.41, 5.74) is 3.00. The lowest BCUT2D eigenvalue weighted by atomic mass is 10.2. The molecular formula is C17H16BrClN2O4.